The maximum atomic E-state index is 5.54. The summed E-state index contributed by atoms with van der Waals surface area (Å²) in [5, 5.41) is 0. The van der Waals surface area contributed by atoms with Crippen LogP contribution in [-0.2, 0) is 6.54 Å². The molecule has 3 heteroatoms. The third kappa shape index (κ3) is 2.34. The lowest BCUT2D eigenvalue weighted by Crippen LogP contribution is -2.00. The second-order valence-electron chi connectivity index (χ2n) is 4.39. The van der Waals surface area contributed by atoms with Gasteiger partial charge in [0.25, 0.3) is 0 Å². The van der Waals surface area contributed by atoms with Crippen LogP contribution in [0, 0.1) is 20.8 Å². The zero-order valence-electron chi connectivity index (χ0n) is 10.5. The summed E-state index contributed by atoms with van der Waals surface area (Å²) >= 11 is 0. The Hall–Kier alpha value is -1.74. The van der Waals surface area contributed by atoms with Crippen molar-refractivity contribution in [1.82, 2.24) is 9.97 Å². The van der Waals surface area contributed by atoms with Crippen molar-refractivity contribution in [3.63, 3.8) is 0 Å². The standard InChI is InChI=1S/C14H17N3/c1-9-4-10(2)13(11(3)5-9)14-16-7-12(6-15)8-17-14/h4-5,7-8H,6,15H2,1-3H3. The lowest BCUT2D eigenvalue weighted by atomic mass is 9.99. The number of nitrogens with two attached hydrogens (primary N) is 1. The van der Waals surface area contributed by atoms with Gasteiger partial charge in [0.05, 0.1) is 0 Å². The topological polar surface area (TPSA) is 51.8 Å². The number of aromatic nitrogens is 2. The van der Waals surface area contributed by atoms with Crippen LogP contribution in [0.5, 0.6) is 0 Å². The predicted octanol–water partition coefficient (Wildman–Crippen LogP) is 2.53. The van der Waals surface area contributed by atoms with Crippen molar-refractivity contribution in [2.75, 3.05) is 0 Å². The summed E-state index contributed by atoms with van der Waals surface area (Å²) in [6, 6.07) is 4.31. The molecule has 0 spiro atoms. The highest BCUT2D eigenvalue weighted by Crippen LogP contribution is 2.25. The van der Waals surface area contributed by atoms with E-state index in [1.807, 2.05) is 0 Å². The molecule has 0 unspecified atom stereocenters. The van der Waals surface area contributed by atoms with Crippen molar-refractivity contribution in [2.24, 2.45) is 5.73 Å². The molecule has 3 nitrogen and oxygen atoms in total. The highest BCUT2D eigenvalue weighted by atomic mass is 14.9. The fraction of sp³-hybridized carbons (Fsp3) is 0.286. The molecule has 1 aromatic carbocycles. The third-order valence-corrected chi connectivity index (χ3v) is 2.84. The van der Waals surface area contributed by atoms with Crippen molar-refractivity contribution in [2.45, 2.75) is 27.3 Å². The monoisotopic (exact) mass is 227 g/mol. The Morgan fingerprint density at radius 1 is 1.00 bits per heavy atom. The van der Waals surface area contributed by atoms with E-state index < -0.39 is 0 Å². The van der Waals surface area contributed by atoms with Gasteiger partial charge in [0.1, 0.15) is 0 Å². The summed E-state index contributed by atoms with van der Waals surface area (Å²) in [4.78, 5) is 8.76. The molecular formula is C14H17N3. The summed E-state index contributed by atoms with van der Waals surface area (Å²) in [5.74, 6) is 0.775. The number of benzene rings is 1. The Balaban J connectivity index is 2.52. The van der Waals surface area contributed by atoms with Gasteiger partial charge in [-0.25, -0.2) is 9.97 Å². The van der Waals surface area contributed by atoms with Gasteiger partial charge in [0.15, 0.2) is 5.82 Å². The minimum absolute atomic E-state index is 0.478. The van der Waals surface area contributed by atoms with Crippen LogP contribution in [0.2, 0.25) is 0 Å². The van der Waals surface area contributed by atoms with Crippen LogP contribution in [0.15, 0.2) is 24.5 Å². The molecule has 0 bridgehead atoms. The number of hydrogen-bond acceptors (Lipinski definition) is 3. The van der Waals surface area contributed by atoms with Gasteiger partial charge in [0.2, 0.25) is 0 Å². The maximum Gasteiger partial charge on any atom is 0.159 e. The zero-order valence-corrected chi connectivity index (χ0v) is 10.5. The average molecular weight is 227 g/mol. The van der Waals surface area contributed by atoms with E-state index in [0.29, 0.717) is 6.54 Å². The number of rotatable bonds is 2. The maximum absolute atomic E-state index is 5.54. The molecule has 0 aliphatic rings. The van der Waals surface area contributed by atoms with E-state index in [9.17, 15) is 0 Å². The van der Waals surface area contributed by atoms with E-state index in [1.54, 1.807) is 12.4 Å². The smallest absolute Gasteiger partial charge is 0.159 e. The predicted molar refractivity (Wildman–Crippen MR) is 69.6 cm³/mol. The van der Waals surface area contributed by atoms with E-state index in [4.69, 9.17) is 5.73 Å². The first-order chi connectivity index (χ1) is 8.11. The molecule has 2 rings (SSSR count). The summed E-state index contributed by atoms with van der Waals surface area (Å²) < 4.78 is 0. The second kappa shape index (κ2) is 4.63. The fourth-order valence-electron chi connectivity index (χ4n) is 2.12. The molecule has 1 heterocycles. The van der Waals surface area contributed by atoms with Gasteiger partial charge in [-0.1, -0.05) is 17.7 Å². The van der Waals surface area contributed by atoms with Crippen molar-refractivity contribution in [1.29, 1.82) is 0 Å². The fourth-order valence-corrected chi connectivity index (χ4v) is 2.12. The summed E-state index contributed by atoms with van der Waals surface area (Å²) in [7, 11) is 0. The lowest BCUT2D eigenvalue weighted by molar-refractivity contribution is 1.01. The van der Waals surface area contributed by atoms with Gasteiger partial charge < -0.3 is 5.73 Å². The largest absolute Gasteiger partial charge is 0.326 e. The summed E-state index contributed by atoms with van der Waals surface area (Å²) in [5.41, 5.74) is 11.3. The first-order valence-corrected chi connectivity index (χ1v) is 5.71. The molecule has 1 aromatic heterocycles. The number of hydrogen-bond donors (Lipinski definition) is 1. The molecule has 0 saturated heterocycles. The first-order valence-electron chi connectivity index (χ1n) is 5.71. The van der Waals surface area contributed by atoms with Crippen LogP contribution in [0.3, 0.4) is 0 Å². The van der Waals surface area contributed by atoms with Crippen LogP contribution < -0.4 is 5.73 Å². The van der Waals surface area contributed by atoms with Gasteiger partial charge in [0, 0.05) is 30.1 Å². The molecule has 2 N–H and O–H groups in total. The Morgan fingerprint density at radius 3 is 2.00 bits per heavy atom. The molecule has 0 saturated carbocycles. The quantitative estimate of drug-likeness (QED) is 0.857. The molecule has 0 aliphatic carbocycles. The van der Waals surface area contributed by atoms with Crippen molar-refractivity contribution < 1.29 is 0 Å². The van der Waals surface area contributed by atoms with Crippen LogP contribution in [0.1, 0.15) is 22.3 Å². The van der Waals surface area contributed by atoms with Crippen LogP contribution in [0.4, 0.5) is 0 Å². The van der Waals surface area contributed by atoms with Crippen LogP contribution >= 0.6 is 0 Å². The van der Waals surface area contributed by atoms with Gasteiger partial charge >= 0.3 is 0 Å². The van der Waals surface area contributed by atoms with E-state index in [1.165, 1.54) is 16.7 Å². The first kappa shape index (κ1) is 11.7. The molecular weight excluding hydrogens is 210 g/mol. The van der Waals surface area contributed by atoms with E-state index in [2.05, 4.69) is 42.9 Å². The minimum atomic E-state index is 0.478. The summed E-state index contributed by atoms with van der Waals surface area (Å²) in [6.45, 7) is 6.76. The second-order valence-corrected chi connectivity index (χ2v) is 4.39. The Morgan fingerprint density at radius 2 is 1.53 bits per heavy atom. The van der Waals surface area contributed by atoms with Gasteiger partial charge in [-0.05, 0) is 31.9 Å². The Bertz CT molecular complexity index is 507. The third-order valence-electron chi connectivity index (χ3n) is 2.84. The Kier molecular flexibility index (Phi) is 3.20. The minimum Gasteiger partial charge on any atom is -0.326 e. The van der Waals surface area contributed by atoms with E-state index in [0.717, 1.165) is 17.0 Å². The molecule has 0 fully saturated rings. The number of nitrogens with zero attached hydrogens (tertiary/aromatic N) is 2. The van der Waals surface area contributed by atoms with Crippen LogP contribution in [-0.4, -0.2) is 9.97 Å². The molecule has 0 aliphatic heterocycles. The Labute approximate surface area is 102 Å². The van der Waals surface area contributed by atoms with Crippen LogP contribution in [0.25, 0.3) is 11.4 Å². The highest BCUT2D eigenvalue weighted by molar-refractivity contribution is 5.65. The molecule has 0 amide bonds. The lowest BCUT2D eigenvalue weighted by Gasteiger charge is -2.10. The van der Waals surface area contributed by atoms with E-state index in [-0.39, 0.29) is 0 Å². The van der Waals surface area contributed by atoms with Crippen molar-refractivity contribution in [3.8, 4) is 11.4 Å². The molecule has 0 radical (unpaired) electrons. The molecule has 88 valence electrons. The normalized spacial score (nSPS) is 10.6. The van der Waals surface area contributed by atoms with Gasteiger partial charge in [-0.15, -0.1) is 0 Å². The number of aryl methyl sites for hydroxylation is 3. The van der Waals surface area contributed by atoms with Gasteiger partial charge in [-0.2, -0.15) is 0 Å². The molecule has 2 aromatic rings. The molecule has 17 heavy (non-hydrogen) atoms. The SMILES string of the molecule is Cc1cc(C)c(-c2ncc(CN)cn2)c(C)c1. The van der Waals surface area contributed by atoms with Crippen molar-refractivity contribution >= 4 is 0 Å². The molecule has 0 atom stereocenters. The van der Waals surface area contributed by atoms with E-state index >= 15 is 0 Å². The average Bonchev–Trinajstić information content (AvgIpc) is 2.28. The summed E-state index contributed by atoms with van der Waals surface area (Å²) in [6.07, 6.45) is 3.59. The van der Waals surface area contributed by atoms with Gasteiger partial charge in [-0.3, -0.25) is 0 Å². The van der Waals surface area contributed by atoms with Crippen molar-refractivity contribution in [3.05, 3.63) is 46.8 Å². The zero-order chi connectivity index (χ0) is 12.4. The highest BCUT2D eigenvalue weighted by Gasteiger charge is 2.08.